The van der Waals surface area contributed by atoms with Crippen LogP contribution in [0.5, 0.6) is 0 Å². The Hall–Kier alpha value is -1.14. The summed E-state index contributed by atoms with van der Waals surface area (Å²) in [4.78, 5) is 6.91. The maximum atomic E-state index is 5.43. The number of halogens is 2. The van der Waals surface area contributed by atoms with E-state index < -0.39 is 0 Å². The molecule has 5 nitrogen and oxygen atoms in total. The lowest BCUT2D eigenvalue weighted by Crippen LogP contribution is -2.44. The van der Waals surface area contributed by atoms with Crippen molar-refractivity contribution in [3.05, 3.63) is 47.6 Å². The van der Waals surface area contributed by atoms with Crippen LogP contribution in [-0.2, 0) is 6.42 Å². The Balaban J connectivity index is 0.00000121. The highest BCUT2D eigenvalue weighted by Gasteiger charge is 2.22. The standard InChI is InChI=1S/C15H20N4O.2ClH/c1-12(19-9-7-16-8-10-19)15-17-14(18-20-15)11-13-5-3-2-4-6-13;;/h2-6,12,16H,7-11H2,1H3;2*1H. The van der Waals surface area contributed by atoms with Gasteiger partial charge in [0.25, 0.3) is 0 Å². The topological polar surface area (TPSA) is 54.2 Å². The fourth-order valence-corrected chi connectivity index (χ4v) is 2.51. The Labute approximate surface area is 143 Å². The molecule has 1 aromatic carbocycles. The van der Waals surface area contributed by atoms with Gasteiger partial charge >= 0.3 is 0 Å². The van der Waals surface area contributed by atoms with E-state index in [0.29, 0.717) is 0 Å². The summed E-state index contributed by atoms with van der Waals surface area (Å²) in [7, 11) is 0. The molecule has 22 heavy (non-hydrogen) atoms. The zero-order valence-corrected chi connectivity index (χ0v) is 14.2. The molecule has 1 unspecified atom stereocenters. The molecule has 7 heteroatoms. The molecule has 0 saturated carbocycles. The summed E-state index contributed by atoms with van der Waals surface area (Å²) in [6.45, 7) is 6.23. The van der Waals surface area contributed by atoms with Crippen LogP contribution < -0.4 is 5.32 Å². The predicted octanol–water partition coefficient (Wildman–Crippen LogP) is 2.47. The van der Waals surface area contributed by atoms with E-state index in [1.807, 2.05) is 18.2 Å². The second-order valence-electron chi connectivity index (χ2n) is 5.17. The molecule has 122 valence electrons. The third kappa shape index (κ3) is 4.68. The number of nitrogens with zero attached hydrogens (tertiary/aromatic N) is 3. The molecular weight excluding hydrogens is 323 g/mol. The lowest BCUT2D eigenvalue weighted by molar-refractivity contribution is 0.154. The summed E-state index contributed by atoms with van der Waals surface area (Å²) in [6, 6.07) is 10.4. The smallest absolute Gasteiger partial charge is 0.243 e. The lowest BCUT2D eigenvalue weighted by Gasteiger charge is -2.30. The molecule has 0 aliphatic carbocycles. The SMILES string of the molecule is CC(c1nc(Cc2ccccc2)no1)N1CCNCC1.Cl.Cl. The summed E-state index contributed by atoms with van der Waals surface area (Å²) in [5.74, 6) is 1.48. The molecular formula is C15H22Cl2N4O. The quantitative estimate of drug-likeness (QED) is 0.923. The monoisotopic (exact) mass is 344 g/mol. The molecule has 1 N–H and O–H groups in total. The van der Waals surface area contributed by atoms with Crippen LogP contribution in [0.3, 0.4) is 0 Å². The zero-order valence-electron chi connectivity index (χ0n) is 12.6. The van der Waals surface area contributed by atoms with Gasteiger partial charge in [-0.05, 0) is 12.5 Å². The van der Waals surface area contributed by atoms with Gasteiger partial charge in [-0.3, -0.25) is 4.90 Å². The van der Waals surface area contributed by atoms with E-state index in [2.05, 4.69) is 39.4 Å². The Bertz CT molecular complexity index is 543. The second kappa shape index (κ2) is 9.10. The van der Waals surface area contributed by atoms with Gasteiger partial charge in [0.05, 0.1) is 6.04 Å². The first kappa shape index (κ1) is 18.9. The van der Waals surface area contributed by atoms with Gasteiger partial charge in [-0.25, -0.2) is 0 Å². The number of rotatable bonds is 4. The van der Waals surface area contributed by atoms with Crippen molar-refractivity contribution < 1.29 is 4.52 Å². The molecule has 0 spiro atoms. The van der Waals surface area contributed by atoms with E-state index in [0.717, 1.165) is 44.3 Å². The van der Waals surface area contributed by atoms with Gasteiger partial charge < -0.3 is 9.84 Å². The molecule has 1 atom stereocenters. The van der Waals surface area contributed by atoms with Crippen molar-refractivity contribution in [1.29, 1.82) is 0 Å². The largest absolute Gasteiger partial charge is 0.338 e. The summed E-state index contributed by atoms with van der Waals surface area (Å²) < 4.78 is 5.43. The summed E-state index contributed by atoms with van der Waals surface area (Å²) >= 11 is 0. The summed E-state index contributed by atoms with van der Waals surface area (Å²) in [6.07, 6.45) is 0.721. The van der Waals surface area contributed by atoms with Crippen LogP contribution in [0, 0.1) is 0 Å². The molecule has 1 aliphatic heterocycles. The van der Waals surface area contributed by atoms with Crippen LogP contribution in [0.4, 0.5) is 0 Å². The summed E-state index contributed by atoms with van der Waals surface area (Å²) in [5.41, 5.74) is 1.20. The summed E-state index contributed by atoms with van der Waals surface area (Å²) in [5, 5.41) is 7.45. The predicted molar refractivity (Wildman–Crippen MR) is 90.9 cm³/mol. The number of nitrogens with one attached hydrogen (secondary N) is 1. The van der Waals surface area contributed by atoms with Gasteiger partial charge in [-0.15, -0.1) is 24.8 Å². The van der Waals surface area contributed by atoms with E-state index in [-0.39, 0.29) is 30.9 Å². The highest BCUT2D eigenvalue weighted by molar-refractivity contribution is 5.85. The molecule has 2 aromatic rings. The Morgan fingerprint density at radius 1 is 1.18 bits per heavy atom. The first-order valence-electron chi connectivity index (χ1n) is 7.14. The Morgan fingerprint density at radius 3 is 2.55 bits per heavy atom. The van der Waals surface area contributed by atoms with E-state index in [1.165, 1.54) is 5.56 Å². The minimum absolute atomic E-state index is 0. The molecule has 1 fully saturated rings. The average Bonchev–Trinajstić information content (AvgIpc) is 2.97. The molecule has 3 rings (SSSR count). The van der Waals surface area contributed by atoms with Crippen molar-refractivity contribution in [2.75, 3.05) is 26.2 Å². The molecule has 0 amide bonds. The number of benzene rings is 1. The first-order chi connectivity index (χ1) is 9.83. The number of hydrogen-bond acceptors (Lipinski definition) is 5. The fraction of sp³-hybridized carbons (Fsp3) is 0.467. The van der Waals surface area contributed by atoms with E-state index in [1.54, 1.807) is 0 Å². The van der Waals surface area contributed by atoms with Gasteiger partial charge in [0, 0.05) is 32.6 Å². The van der Waals surface area contributed by atoms with E-state index in [9.17, 15) is 0 Å². The molecule has 1 saturated heterocycles. The van der Waals surface area contributed by atoms with Crippen LogP contribution in [0.2, 0.25) is 0 Å². The normalized spacial score (nSPS) is 16.4. The number of piperazine rings is 1. The molecule has 0 bridgehead atoms. The van der Waals surface area contributed by atoms with Gasteiger partial charge in [0.2, 0.25) is 5.89 Å². The van der Waals surface area contributed by atoms with E-state index in [4.69, 9.17) is 4.52 Å². The second-order valence-corrected chi connectivity index (χ2v) is 5.17. The van der Waals surface area contributed by atoms with Gasteiger partial charge in [-0.2, -0.15) is 4.98 Å². The molecule has 0 radical (unpaired) electrons. The highest BCUT2D eigenvalue weighted by atomic mass is 35.5. The third-order valence-corrected chi connectivity index (χ3v) is 3.75. The number of hydrogen-bond donors (Lipinski definition) is 1. The average molecular weight is 345 g/mol. The van der Waals surface area contributed by atoms with Gasteiger partial charge in [-0.1, -0.05) is 35.5 Å². The maximum Gasteiger partial charge on any atom is 0.243 e. The van der Waals surface area contributed by atoms with Crippen LogP contribution in [0.25, 0.3) is 0 Å². The Morgan fingerprint density at radius 2 is 1.86 bits per heavy atom. The van der Waals surface area contributed by atoms with Crippen molar-refractivity contribution in [1.82, 2.24) is 20.4 Å². The maximum absolute atomic E-state index is 5.43. The highest BCUT2D eigenvalue weighted by Crippen LogP contribution is 2.19. The van der Waals surface area contributed by atoms with Crippen molar-refractivity contribution in [2.24, 2.45) is 0 Å². The van der Waals surface area contributed by atoms with E-state index >= 15 is 0 Å². The van der Waals surface area contributed by atoms with Crippen molar-refractivity contribution >= 4 is 24.8 Å². The molecule has 1 aromatic heterocycles. The van der Waals surface area contributed by atoms with Crippen LogP contribution in [0.15, 0.2) is 34.9 Å². The van der Waals surface area contributed by atoms with Gasteiger partial charge in [0.15, 0.2) is 5.82 Å². The fourth-order valence-electron chi connectivity index (χ4n) is 2.51. The van der Waals surface area contributed by atoms with Crippen LogP contribution >= 0.6 is 24.8 Å². The van der Waals surface area contributed by atoms with Crippen molar-refractivity contribution in [3.63, 3.8) is 0 Å². The first-order valence-corrected chi connectivity index (χ1v) is 7.14. The van der Waals surface area contributed by atoms with Crippen LogP contribution in [0.1, 0.15) is 30.2 Å². The molecule has 1 aliphatic rings. The zero-order chi connectivity index (χ0) is 13.8. The third-order valence-electron chi connectivity index (χ3n) is 3.75. The minimum Gasteiger partial charge on any atom is -0.338 e. The Kier molecular flexibility index (Phi) is 7.82. The molecule has 2 heterocycles. The lowest BCUT2D eigenvalue weighted by atomic mass is 10.1. The van der Waals surface area contributed by atoms with Crippen molar-refractivity contribution in [2.45, 2.75) is 19.4 Å². The van der Waals surface area contributed by atoms with Crippen LogP contribution in [-0.4, -0.2) is 41.2 Å². The van der Waals surface area contributed by atoms with Crippen molar-refractivity contribution in [3.8, 4) is 0 Å². The van der Waals surface area contributed by atoms with Gasteiger partial charge in [0.1, 0.15) is 0 Å². The number of aromatic nitrogens is 2. The minimum atomic E-state index is 0.